The van der Waals surface area contributed by atoms with Gasteiger partial charge in [-0.3, -0.25) is 4.99 Å². The summed E-state index contributed by atoms with van der Waals surface area (Å²) in [7, 11) is 0. The fraction of sp³-hybridized carbons (Fsp3) is 0.545. The van der Waals surface area contributed by atoms with E-state index in [1.165, 1.54) is 42.1 Å². The molecule has 5 nitrogen and oxygen atoms in total. The second-order valence-corrected chi connectivity index (χ2v) is 8.67. The molecule has 1 aliphatic carbocycles. The van der Waals surface area contributed by atoms with E-state index >= 15 is 0 Å². The van der Waals surface area contributed by atoms with Gasteiger partial charge >= 0.3 is 0 Å². The lowest BCUT2D eigenvalue weighted by Crippen LogP contribution is -2.39. The number of anilines is 1. The number of hydrogen-bond donors (Lipinski definition) is 2. The van der Waals surface area contributed by atoms with Crippen LogP contribution in [0.25, 0.3) is 0 Å². The molecule has 2 N–H and O–H groups in total. The minimum absolute atomic E-state index is 0. The van der Waals surface area contributed by atoms with Gasteiger partial charge in [-0.25, -0.2) is 4.98 Å². The van der Waals surface area contributed by atoms with Gasteiger partial charge in [0.2, 0.25) is 0 Å². The molecule has 0 amide bonds. The number of thiazole rings is 1. The normalized spacial score (nSPS) is 17.7. The van der Waals surface area contributed by atoms with Crippen LogP contribution in [-0.2, 0) is 11.8 Å². The maximum Gasteiger partial charge on any atom is 0.191 e. The maximum absolute atomic E-state index is 4.89. The number of nitrogens with one attached hydrogen (secondary N) is 2. The van der Waals surface area contributed by atoms with Gasteiger partial charge in [0.15, 0.2) is 11.1 Å². The van der Waals surface area contributed by atoms with E-state index in [1.807, 2.05) is 0 Å². The highest BCUT2D eigenvalue weighted by Crippen LogP contribution is 2.48. The summed E-state index contributed by atoms with van der Waals surface area (Å²) in [4.78, 5) is 12.1. The molecule has 2 fully saturated rings. The zero-order chi connectivity index (χ0) is 19.2. The molecule has 7 heteroatoms. The zero-order valence-corrected chi connectivity index (χ0v) is 20.3. The maximum atomic E-state index is 4.89. The Morgan fingerprint density at radius 3 is 2.62 bits per heavy atom. The molecule has 2 aliphatic rings. The molecule has 29 heavy (non-hydrogen) atoms. The Balaban J connectivity index is 0.00000240. The second kappa shape index (κ2) is 10.6. The van der Waals surface area contributed by atoms with Crippen molar-refractivity contribution in [2.24, 2.45) is 4.99 Å². The van der Waals surface area contributed by atoms with Gasteiger partial charge in [-0.2, -0.15) is 0 Å². The fourth-order valence-electron chi connectivity index (χ4n) is 3.83. The summed E-state index contributed by atoms with van der Waals surface area (Å²) in [6.07, 6.45) is 5.99. The number of aliphatic imine (C=N–C) groups is 1. The van der Waals surface area contributed by atoms with E-state index in [1.54, 1.807) is 11.3 Å². The molecule has 158 valence electrons. The largest absolute Gasteiger partial charge is 0.357 e. The molecule has 1 aromatic carbocycles. The standard InChI is InChI=1S/C22H31N5S.HI/c1-2-23-20(25-17-22(11-12-22)18-8-4-3-5-9-18)24-13-10-19-16-28-21(26-19)27-14-6-7-15-27;/h3-5,8-9,16H,2,6-7,10-15,17H2,1H3,(H2,23,24,25);1H. The van der Waals surface area contributed by atoms with Gasteiger partial charge in [0, 0.05) is 43.4 Å². The molecule has 1 aliphatic heterocycles. The number of aromatic nitrogens is 1. The Labute approximate surface area is 195 Å². The van der Waals surface area contributed by atoms with Crippen molar-refractivity contribution in [2.45, 2.75) is 44.4 Å². The summed E-state index contributed by atoms with van der Waals surface area (Å²) >= 11 is 1.78. The van der Waals surface area contributed by atoms with Crippen LogP contribution >= 0.6 is 35.3 Å². The van der Waals surface area contributed by atoms with Crippen LogP contribution < -0.4 is 15.5 Å². The van der Waals surface area contributed by atoms with Crippen molar-refractivity contribution < 1.29 is 0 Å². The Morgan fingerprint density at radius 1 is 1.17 bits per heavy atom. The smallest absolute Gasteiger partial charge is 0.191 e. The molecule has 2 aromatic rings. The van der Waals surface area contributed by atoms with Gasteiger partial charge in [-0.05, 0) is 38.2 Å². The summed E-state index contributed by atoms with van der Waals surface area (Å²) in [5.41, 5.74) is 2.85. The molecule has 1 saturated carbocycles. The number of halogens is 1. The van der Waals surface area contributed by atoms with Crippen LogP contribution in [0.5, 0.6) is 0 Å². The summed E-state index contributed by atoms with van der Waals surface area (Å²) in [5.74, 6) is 0.916. The van der Waals surface area contributed by atoms with Crippen molar-refractivity contribution in [3.05, 3.63) is 47.0 Å². The third kappa shape index (κ3) is 5.84. The van der Waals surface area contributed by atoms with Gasteiger partial charge in [-0.15, -0.1) is 35.3 Å². The van der Waals surface area contributed by atoms with Crippen LogP contribution in [0.15, 0.2) is 40.7 Å². The number of benzene rings is 1. The lowest BCUT2D eigenvalue weighted by molar-refractivity contribution is 0.691. The summed E-state index contributed by atoms with van der Waals surface area (Å²) < 4.78 is 0. The molecule has 2 heterocycles. The molecular formula is C22H32IN5S. The van der Waals surface area contributed by atoms with Gasteiger partial charge in [-0.1, -0.05) is 30.3 Å². The van der Waals surface area contributed by atoms with Crippen molar-refractivity contribution in [1.29, 1.82) is 0 Å². The lowest BCUT2D eigenvalue weighted by atomic mass is 9.96. The van der Waals surface area contributed by atoms with E-state index in [4.69, 9.17) is 9.98 Å². The van der Waals surface area contributed by atoms with Crippen LogP contribution in [0, 0.1) is 0 Å². The number of hydrogen-bond acceptors (Lipinski definition) is 4. The zero-order valence-electron chi connectivity index (χ0n) is 17.2. The second-order valence-electron chi connectivity index (χ2n) is 7.83. The Bertz CT molecular complexity index is 782. The molecule has 0 atom stereocenters. The molecule has 0 radical (unpaired) electrons. The van der Waals surface area contributed by atoms with Crippen LogP contribution in [0.1, 0.15) is 43.9 Å². The van der Waals surface area contributed by atoms with Crippen molar-refractivity contribution in [1.82, 2.24) is 15.6 Å². The first-order chi connectivity index (χ1) is 13.8. The third-order valence-corrected chi connectivity index (χ3v) is 6.66. The first-order valence-electron chi connectivity index (χ1n) is 10.6. The SMILES string of the molecule is CCNC(=NCC1(c2ccccc2)CC1)NCCc1csc(N2CCCC2)n1.I. The predicted octanol–water partition coefficient (Wildman–Crippen LogP) is 4.19. The predicted molar refractivity (Wildman–Crippen MR) is 134 cm³/mol. The van der Waals surface area contributed by atoms with Crippen molar-refractivity contribution in [2.75, 3.05) is 37.6 Å². The number of rotatable bonds is 8. The van der Waals surface area contributed by atoms with Crippen molar-refractivity contribution in [3.8, 4) is 0 Å². The number of nitrogens with zero attached hydrogens (tertiary/aromatic N) is 3. The molecule has 1 saturated heterocycles. The Morgan fingerprint density at radius 2 is 1.93 bits per heavy atom. The van der Waals surface area contributed by atoms with E-state index in [0.29, 0.717) is 0 Å². The van der Waals surface area contributed by atoms with Crippen molar-refractivity contribution >= 4 is 46.4 Å². The van der Waals surface area contributed by atoms with E-state index < -0.39 is 0 Å². The van der Waals surface area contributed by atoms with E-state index in [9.17, 15) is 0 Å². The Hall–Kier alpha value is -1.35. The van der Waals surface area contributed by atoms with E-state index in [2.05, 4.69) is 58.2 Å². The quantitative estimate of drug-likeness (QED) is 0.309. The van der Waals surface area contributed by atoms with Gasteiger partial charge in [0.25, 0.3) is 0 Å². The fourth-order valence-corrected chi connectivity index (χ4v) is 4.74. The first-order valence-corrected chi connectivity index (χ1v) is 11.4. The van der Waals surface area contributed by atoms with E-state index in [0.717, 1.165) is 45.1 Å². The van der Waals surface area contributed by atoms with Crippen LogP contribution in [-0.4, -0.2) is 43.7 Å². The molecule has 0 unspecified atom stereocenters. The van der Waals surface area contributed by atoms with Gasteiger partial charge in [0.1, 0.15) is 0 Å². The van der Waals surface area contributed by atoms with E-state index in [-0.39, 0.29) is 29.4 Å². The molecular weight excluding hydrogens is 493 g/mol. The lowest BCUT2D eigenvalue weighted by Gasteiger charge is -2.16. The monoisotopic (exact) mass is 525 g/mol. The molecule has 1 aromatic heterocycles. The number of guanidine groups is 1. The third-order valence-electron chi connectivity index (χ3n) is 5.71. The minimum atomic E-state index is 0. The Kier molecular flexibility index (Phi) is 8.17. The van der Waals surface area contributed by atoms with Crippen LogP contribution in [0.2, 0.25) is 0 Å². The summed E-state index contributed by atoms with van der Waals surface area (Å²) in [6.45, 7) is 7.01. The molecule has 0 bridgehead atoms. The van der Waals surface area contributed by atoms with Gasteiger partial charge in [0.05, 0.1) is 12.2 Å². The first kappa shape index (κ1) is 22.3. The van der Waals surface area contributed by atoms with Crippen LogP contribution in [0.3, 0.4) is 0 Å². The van der Waals surface area contributed by atoms with Crippen molar-refractivity contribution in [3.63, 3.8) is 0 Å². The molecule has 4 rings (SSSR count). The average molecular weight is 526 g/mol. The highest BCUT2D eigenvalue weighted by Gasteiger charge is 2.43. The summed E-state index contributed by atoms with van der Waals surface area (Å²) in [6, 6.07) is 10.8. The topological polar surface area (TPSA) is 52.6 Å². The highest BCUT2D eigenvalue weighted by molar-refractivity contribution is 14.0. The summed E-state index contributed by atoms with van der Waals surface area (Å²) in [5, 5.41) is 10.3. The van der Waals surface area contributed by atoms with Gasteiger partial charge < -0.3 is 15.5 Å². The average Bonchev–Trinajstić information content (AvgIpc) is 3.10. The van der Waals surface area contributed by atoms with Crippen LogP contribution in [0.4, 0.5) is 5.13 Å². The minimum Gasteiger partial charge on any atom is -0.357 e. The molecule has 0 spiro atoms. The highest BCUT2D eigenvalue weighted by atomic mass is 127.